The number of unbranched alkanes of at least 4 members (excludes halogenated alkanes) is 4. The van der Waals surface area contributed by atoms with Crippen molar-refractivity contribution in [1.29, 1.82) is 0 Å². The van der Waals surface area contributed by atoms with Crippen LogP contribution >= 0.6 is 0 Å². The standard InChI is InChI=1S/C47H64N2/c1-6-9-12-13-36-28-30-47(31-29-36,39-20-16-37(17-21-39)45(14-10-7-2)43-26-24-41(48)32-34(43)4)40-22-18-38(19-23-40)46(15-11-8-3)44-27-25-42(49)33-35(44)5/h16-27,32-33,36,45-46H,6-15,28-31,48-49H2,1-5H3. The molecule has 4 N–H and O–H groups in total. The van der Waals surface area contributed by atoms with Crippen LogP contribution in [0, 0.1) is 19.8 Å². The Morgan fingerprint density at radius 2 is 1.00 bits per heavy atom. The van der Waals surface area contributed by atoms with Crippen molar-refractivity contribution in [3.8, 4) is 0 Å². The summed E-state index contributed by atoms with van der Waals surface area (Å²) < 4.78 is 0. The number of hydrogen-bond donors (Lipinski definition) is 2. The van der Waals surface area contributed by atoms with Gasteiger partial charge in [0.2, 0.25) is 0 Å². The molecule has 1 saturated carbocycles. The largest absolute Gasteiger partial charge is 0.399 e. The zero-order valence-corrected chi connectivity index (χ0v) is 31.4. The Kier molecular flexibility index (Phi) is 13.1. The molecule has 0 saturated heterocycles. The van der Waals surface area contributed by atoms with Crippen LogP contribution in [0.5, 0.6) is 0 Å². The zero-order valence-electron chi connectivity index (χ0n) is 31.4. The van der Waals surface area contributed by atoms with Crippen LogP contribution in [0.3, 0.4) is 0 Å². The van der Waals surface area contributed by atoms with Crippen molar-refractivity contribution in [3.63, 3.8) is 0 Å². The third kappa shape index (κ3) is 8.80. The summed E-state index contributed by atoms with van der Waals surface area (Å²) in [5.74, 6) is 1.66. The predicted molar refractivity (Wildman–Crippen MR) is 214 cm³/mol. The molecule has 1 aliphatic carbocycles. The molecule has 4 aromatic carbocycles. The van der Waals surface area contributed by atoms with Gasteiger partial charge in [0.05, 0.1) is 0 Å². The topological polar surface area (TPSA) is 52.0 Å². The van der Waals surface area contributed by atoms with E-state index in [1.807, 2.05) is 0 Å². The van der Waals surface area contributed by atoms with Gasteiger partial charge in [-0.3, -0.25) is 0 Å². The van der Waals surface area contributed by atoms with E-state index in [1.54, 1.807) is 0 Å². The molecule has 0 amide bonds. The van der Waals surface area contributed by atoms with Crippen molar-refractivity contribution in [3.05, 3.63) is 129 Å². The van der Waals surface area contributed by atoms with Crippen LogP contribution in [0.2, 0.25) is 0 Å². The Morgan fingerprint density at radius 1 is 0.571 bits per heavy atom. The van der Waals surface area contributed by atoms with E-state index in [0.29, 0.717) is 11.8 Å². The van der Waals surface area contributed by atoms with Crippen LogP contribution in [0.4, 0.5) is 11.4 Å². The predicted octanol–water partition coefficient (Wildman–Crippen LogP) is 13.2. The van der Waals surface area contributed by atoms with Gasteiger partial charge in [-0.25, -0.2) is 0 Å². The number of rotatable bonds is 16. The third-order valence-corrected chi connectivity index (χ3v) is 11.9. The highest BCUT2D eigenvalue weighted by atomic mass is 14.5. The lowest BCUT2D eigenvalue weighted by atomic mass is 9.62. The lowest BCUT2D eigenvalue weighted by Crippen LogP contribution is -2.33. The highest BCUT2D eigenvalue weighted by Crippen LogP contribution is 2.48. The number of nitrogen functional groups attached to an aromatic ring is 2. The molecule has 0 spiro atoms. The monoisotopic (exact) mass is 657 g/mol. The van der Waals surface area contributed by atoms with Crippen LogP contribution in [-0.2, 0) is 5.41 Å². The van der Waals surface area contributed by atoms with E-state index < -0.39 is 0 Å². The number of aryl methyl sites for hydroxylation is 2. The molecule has 0 heterocycles. The number of nitrogens with two attached hydrogens (primary N) is 2. The van der Waals surface area contributed by atoms with Gasteiger partial charge in [-0.2, -0.15) is 0 Å². The molecule has 262 valence electrons. The van der Waals surface area contributed by atoms with E-state index >= 15 is 0 Å². The Bertz CT molecular complexity index is 1480. The maximum Gasteiger partial charge on any atom is 0.0316 e. The van der Waals surface area contributed by atoms with Gasteiger partial charge >= 0.3 is 0 Å². The van der Waals surface area contributed by atoms with Crippen molar-refractivity contribution in [2.45, 2.75) is 142 Å². The molecule has 0 aliphatic heterocycles. The first-order chi connectivity index (χ1) is 23.8. The molecule has 0 radical (unpaired) electrons. The van der Waals surface area contributed by atoms with Gasteiger partial charge in [0, 0.05) is 28.6 Å². The van der Waals surface area contributed by atoms with Crippen molar-refractivity contribution < 1.29 is 0 Å². The minimum atomic E-state index is 0.0599. The molecule has 2 atom stereocenters. The van der Waals surface area contributed by atoms with E-state index in [1.165, 1.54) is 134 Å². The average molecular weight is 657 g/mol. The quantitative estimate of drug-likeness (QED) is 0.0931. The van der Waals surface area contributed by atoms with E-state index in [-0.39, 0.29) is 5.41 Å². The lowest BCUT2D eigenvalue weighted by molar-refractivity contribution is 0.250. The van der Waals surface area contributed by atoms with Crippen molar-refractivity contribution in [1.82, 2.24) is 0 Å². The molecule has 2 heteroatoms. The van der Waals surface area contributed by atoms with E-state index in [4.69, 9.17) is 11.5 Å². The summed E-state index contributed by atoms with van der Waals surface area (Å²) in [6, 6.07) is 32.8. The second-order valence-electron chi connectivity index (χ2n) is 15.4. The van der Waals surface area contributed by atoms with Gasteiger partial charge in [-0.1, -0.05) is 133 Å². The molecular weight excluding hydrogens is 593 g/mol. The molecule has 2 unspecified atom stereocenters. The second kappa shape index (κ2) is 17.4. The molecule has 0 aromatic heterocycles. The Labute approximate surface area is 299 Å². The molecule has 0 bridgehead atoms. The van der Waals surface area contributed by atoms with Gasteiger partial charge in [0.15, 0.2) is 0 Å². The molecule has 1 fully saturated rings. The van der Waals surface area contributed by atoms with Crippen molar-refractivity contribution >= 4 is 11.4 Å². The summed E-state index contributed by atoms with van der Waals surface area (Å²) in [7, 11) is 0. The number of anilines is 2. The SMILES string of the molecule is CCCCCC1CCC(c2ccc(C(CCCC)c3ccc(N)cc3C)cc2)(c2ccc(C(CCCC)c3ccc(N)cc3C)cc2)CC1. The van der Waals surface area contributed by atoms with Gasteiger partial charge in [0.25, 0.3) is 0 Å². The van der Waals surface area contributed by atoms with Gasteiger partial charge in [-0.15, -0.1) is 0 Å². The lowest BCUT2D eigenvalue weighted by Gasteiger charge is -2.42. The maximum atomic E-state index is 6.17. The van der Waals surface area contributed by atoms with Crippen LogP contribution in [0.15, 0.2) is 84.9 Å². The third-order valence-electron chi connectivity index (χ3n) is 11.9. The van der Waals surface area contributed by atoms with E-state index in [9.17, 15) is 0 Å². The van der Waals surface area contributed by atoms with Crippen LogP contribution in [0.25, 0.3) is 0 Å². The van der Waals surface area contributed by atoms with E-state index in [2.05, 4.69) is 120 Å². The fraction of sp³-hybridized carbons (Fsp3) is 0.489. The summed E-state index contributed by atoms with van der Waals surface area (Å²) >= 11 is 0. The maximum absolute atomic E-state index is 6.17. The smallest absolute Gasteiger partial charge is 0.0316 e. The van der Waals surface area contributed by atoms with Crippen LogP contribution in [0.1, 0.15) is 167 Å². The highest BCUT2D eigenvalue weighted by Gasteiger charge is 2.38. The van der Waals surface area contributed by atoms with Crippen molar-refractivity contribution in [2.24, 2.45) is 5.92 Å². The first kappa shape index (κ1) is 36.8. The summed E-state index contributed by atoms with van der Waals surface area (Å²) in [5.41, 5.74) is 25.4. The van der Waals surface area contributed by atoms with Crippen LogP contribution < -0.4 is 11.5 Å². The van der Waals surface area contributed by atoms with E-state index in [0.717, 1.165) is 17.3 Å². The van der Waals surface area contributed by atoms with Crippen LogP contribution in [-0.4, -0.2) is 0 Å². The average Bonchev–Trinajstić information content (AvgIpc) is 3.11. The number of hydrogen-bond acceptors (Lipinski definition) is 2. The van der Waals surface area contributed by atoms with Gasteiger partial charge in [-0.05, 0) is 127 Å². The minimum Gasteiger partial charge on any atom is -0.399 e. The number of benzene rings is 4. The molecule has 1 aliphatic rings. The molecule has 2 nitrogen and oxygen atoms in total. The molecule has 4 aromatic rings. The molecular formula is C47H64N2. The fourth-order valence-electron chi connectivity index (χ4n) is 8.95. The summed E-state index contributed by atoms with van der Waals surface area (Å²) in [6.45, 7) is 11.4. The summed E-state index contributed by atoms with van der Waals surface area (Å²) in [5, 5.41) is 0. The highest BCUT2D eigenvalue weighted by molar-refractivity contribution is 5.51. The fourth-order valence-corrected chi connectivity index (χ4v) is 8.95. The first-order valence-electron chi connectivity index (χ1n) is 19.7. The normalized spacial score (nSPS) is 19.1. The Hall–Kier alpha value is -3.52. The van der Waals surface area contributed by atoms with Crippen molar-refractivity contribution in [2.75, 3.05) is 11.5 Å². The Morgan fingerprint density at radius 3 is 1.39 bits per heavy atom. The van der Waals surface area contributed by atoms with Gasteiger partial charge < -0.3 is 11.5 Å². The molecule has 5 rings (SSSR count). The molecule has 49 heavy (non-hydrogen) atoms. The Balaban J connectivity index is 1.49. The first-order valence-corrected chi connectivity index (χ1v) is 19.7. The zero-order chi connectivity index (χ0) is 34.8. The summed E-state index contributed by atoms with van der Waals surface area (Å²) in [4.78, 5) is 0. The second-order valence-corrected chi connectivity index (χ2v) is 15.4. The summed E-state index contributed by atoms with van der Waals surface area (Å²) in [6.07, 6.45) is 17.7. The minimum absolute atomic E-state index is 0.0599. The van der Waals surface area contributed by atoms with Gasteiger partial charge in [0.1, 0.15) is 0 Å².